The Morgan fingerprint density at radius 1 is 1.42 bits per heavy atom. The van der Waals surface area contributed by atoms with Crippen molar-refractivity contribution in [3.05, 3.63) is 42.6 Å². The van der Waals surface area contributed by atoms with Crippen LogP contribution in [0.25, 0.3) is 5.88 Å². The number of ether oxygens (including phenoxy) is 1. The summed E-state index contributed by atoms with van der Waals surface area (Å²) in [5, 5.41) is 16.7. The highest BCUT2D eigenvalue weighted by Gasteiger charge is 2.25. The van der Waals surface area contributed by atoms with Gasteiger partial charge in [-0.25, -0.2) is 4.39 Å². The van der Waals surface area contributed by atoms with Gasteiger partial charge in [-0.3, -0.25) is 0 Å². The number of nitrogens with zero attached hydrogens (tertiary/aromatic N) is 4. The zero-order chi connectivity index (χ0) is 13.4. The van der Waals surface area contributed by atoms with E-state index in [4.69, 9.17) is 4.74 Å². The van der Waals surface area contributed by atoms with Crippen molar-refractivity contribution in [2.45, 2.75) is 13.2 Å². The van der Waals surface area contributed by atoms with Gasteiger partial charge in [0.15, 0.2) is 17.8 Å². The summed E-state index contributed by atoms with van der Waals surface area (Å²) in [4.78, 5) is 1.74. The number of anilines is 1. The van der Waals surface area contributed by atoms with Crippen LogP contribution in [0.3, 0.4) is 0 Å². The Labute approximate surface area is 108 Å². The van der Waals surface area contributed by atoms with Crippen molar-refractivity contribution >= 4 is 11.6 Å². The van der Waals surface area contributed by atoms with Gasteiger partial charge in [0.2, 0.25) is 5.88 Å². The van der Waals surface area contributed by atoms with E-state index in [2.05, 4.69) is 10.3 Å². The maximum Gasteiger partial charge on any atom is 0.234 e. The second-order valence-electron chi connectivity index (χ2n) is 4.08. The molecule has 0 spiro atoms. The molecule has 0 bridgehead atoms. The summed E-state index contributed by atoms with van der Waals surface area (Å²) in [5.74, 6) is -0.553. The number of hydrogen-bond donors (Lipinski definition) is 1. The Kier molecular flexibility index (Phi) is 2.59. The van der Waals surface area contributed by atoms with Crippen molar-refractivity contribution in [3.63, 3.8) is 0 Å². The highest BCUT2D eigenvalue weighted by Crippen LogP contribution is 2.30. The molecule has 19 heavy (non-hydrogen) atoms. The minimum Gasteiger partial charge on any atom is -0.505 e. The summed E-state index contributed by atoms with van der Waals surface area (Å²) in [6, 6.07) is 4.16. The second-order valence-corrected chi connectivity index (χ2v) is 4.08. The van der Waals surface area contributed by atoms with Gasteiger partial charge in [-0.1, -0.05) is 5.21 Å². The van der Waals surface area contributed by atoms with E-state index in [1.807, 2.05) is 6.92 Å². The molecule has 1 aromatic heterocycles. The van der Waals surface area contributed by atoms with E-state index in [9.17, 15) is 9.50 Å². The van der Waals surface area contributed by atoms with Gasteiger partial charge in [0.05, 0.1) is 18.6 Å². The molecule has 7 heteroatoms. The number of phenols is 1. The minimum atomic E-state index is -0.674. The topological polar surface area (TPSA) is 63.4 Å². The SMILES string of the molecule is CC1OC(n2ccnn2)=CN1c1ccc(O)c(F)c1. The maximum atomic E-state index is 13.4. The van der Waals surface area contributed by atoms with Crippen molar-refractivity contribution in [2.24, 2.45) is 0 Å². The molecule has 6 nitrogen and oxygen atoms in total. The van der Waals surface area contributed by atoms with Gasteiger partial charge >= 0.3 is 0 Å². The molecule has 2 aromatic rings. The molecule has 1 aromatic carbocycles. The Bertz CT molecular complexity index is 627. The molecular formula is C12H11FN4O2. The van der Waals surface area contributed by atoms with E-state index < -0.39 is 5.82 Å². The fourth-order valence-corrected chi connectivity index (χ4v) is 1.87. The highest BCUT2D eigenvalue weighted by molar-refractivity contribution is 5.58. The molecule has 98 valence electrons. The maximum absolute atomic E-state index is 13.4. The van der Waals surface area contributed by atoms with Gasteiger partial charge in [-0.15, -0.1) is 5.10 Å². The predicted molar refractivity (Wildman–Crippen MR) is 65.4 cm³/mol. The van der Waals surface area contributed by atoms with Crippen LogP contribution in [0.1, 0.15) is 6.92 Å². The normalized spacial score (nSPS) is 18.3. The number of aromatic nitrogens is 3. The van der Waals surface area contributed by atoms with E-state index >= 15 is 0 Å². The van der Waals surface area contributed by atoms with Gasteiger partial charge in [0, 0.05) is 11.8 Å². The zero-order valence-electron chi connectivity index (χ0n) is 10.1. The first-order chi connectivity index (χ1) is 9.15. The summed E-state index contributed by atoms with van der Waals surface area (Å²) in [6.45, 7) is 1.82. The molecule has 0 fully saturated rings. The van der Waals surface area contributed by atoms with Gasteiger partial charge in [-0.05, 0) is 19.1 Å². The lowest BCUT2D eigenvalue weighted by molar-refractivity contribution is 0.194. The predicted octanol–water partition coefficient (Wildman–Crippen LogP) is 1.76. The van der Waals surface area contributed by atoms with Crippen LogP contribution in [0, 0.1) is 5.82 Å². The van der Waals surface area contributed by atoms with E-state index in [1.54, 1.807) is 23.4 Å². The minimum absolute atomic E-state index is 0.303. The van der Waals surface area contributed by atoms with Crippen LogP contribution in [0.5, 0.6) is 5.75 Å². The molecule has 0 saturated heterocycles. The van der Waals surface area contributed by atoms with Crippen molar-refractivity contribution in [1.82, 2.24) is 15.0 Å². The third-order valence-electron chi connectivity index (χ3n) is 2.81. The highest BCUT2D eigenvalue weighted by atomic mass is 19.1. The molecule has 0 aliphatic carbocycles. The number of aromatic hydroxyl groups is 1. The molecule has 1 aliphatic rings. The smallest absolute Gasteiger partial charge is 0.234 e. The van der Waals surface area contributed by atoms with E-state index in [0.29, 0.717) is 11.6 Å². The summed E-state index contributed by atoms with van der Waals surface area (Å²) >= 11 is 0. The second kappa shape index (κ2) is 4.27. The monoisotopic (exact) mass is 262 g/mol. The van der Waals surface area contributed by atoms with Crippen LogP contribution in [-0.2, 0) is 4.74 Å². The van der Waals surface area contributed by atoms with Crippen molar-refractivity contribution in [3.8, 4) is 5.75 Å². The Morgan fingerprint density at radius 3 is 2.95 bits per heavy atom. The summed E-state index contributed by atoms with van der Waals surface area (Å²) in [6.07, 6.45) is 4.59. The van der Waals surface area contributed by atoms with Crippen LogP contribution < -0.4 is 4.90 Å². The number of benzene rings is 1. The average molecular weight is 262 g/mol. The van der Waals surface area contributed by atoms with Crippen LogP contribution in [0.2, 0.25) is 0 Å². The van der Waals surface area contributed by atoms with Crippen molar-refractivity contribution in [2.75, 3.05) is 4.90 Å². The Balaban J connectivity index is 1.94. The molecule has 1 N–H and O–H groups in total. The fourth-order valence-electron chi connectivity index (χ4n) is 1.87. The average Bonchev–Trinajstić information content (AvgIpc) is 3.01. The number of hydrogen-bond acceptors (Lipinski definition) is 5. The molecule has 1 unspecified atom stereocenters. The number of phenolic OH excluding ortho intramolecular Hbond substituents is 1. The van der Waals surface area contributed by atoms with E-state index in [-0.39, 0.29) is 12.0 Å². The lowest BCUT2D eigenvalue weighted by atomic mass is 10.2. The zero-order valence-corrected chi connectivity index (χ0v) is 10.1. The van der Waals surface area contributed by atoms with Gasteiger partial charge in [-0.2, -0.15) is 4.68 Å². The molecule has 0 radical (unpaired) electrons. The van der Waals surface area contributed by atoms with Crippen LogP contribution in [-0.4, -0.2) is 26.3 Å². The third-order valence-corrected chi connectivity index (χ3v) is 2.81. The fraction of sp³-hybridized carbons (Fsp3) is 0.167. The van der Waals surface area contributed by atoms with Crippen LogP contribution in [0.15, 0.2) is 36.8 Å². The Morgan fingerprint density at radius 2 is 2.26 bits per heavy atom. The lowest BCUT2D eigenvalue weighted by Gasteiger charge is -2.20. The molecule has 1 atom stereocenters. The summed E-state index contributed by atoms with van der Waals surface area (Å²) in [5.41, 5.74) is 0.581. The standard InChI is InChI=1S/C12H11FN4O2/c1-8-16(9-2-3-11(18)10(13)6-9)7-12(19-8)17-5-4-14-15-17/h2-8,18H,1H3. The first kappa shape index (κ1) is 11.5. The molecule has 3 rings (SSSR count). The summed E-state index contributed by atoms with van der Waals surface area (Å²) in [7, 11) is 0. The largest absolute Gasteiger partial charge is 0.505 e. The van der Waals surface area contributed by atoms with E-state index in [1.165, 1.54) is 23.0 Å². The van der Waals surface area contributed by atoms with Crippen LogP contribution >= 0.6 is 0 Å². The number of halogens is 1. The van der Waals surface area contributed by atoms with Crippen LogP contribution in [0.4, 0.5) is 10.1 Å². The molecule has 0 saturated carbocycles. The molecular weight excluding hydrogens is 251 g/mol. The Hall–Kier alpha value is -2.57. The van der Waals surface area contributed by atoms with Crippen molar-refractivity contribution < 1.29 is 14.2 Å². The molecule has 2 heterocycles. The van der Waals surface area contributed by atoms with Gasteiger partial charge in [0.25, 0.3) is 0 Å². The first-order valence-corrected chi connectivity index (χ1v) is 5.67. The quantitative estimate of drug-likeness (QED) is 0.893. The van der Waals surface area contributed by atoms with Crippen molar-refractivity contribution in [1.29, 1.82) is 0 Å². The first-order valence-electron chi connectivity index (χ1n) is 5.67. The molecule has 1 aliphatic heterocycles. The lowest BCUT2D eigenvalue weighted by Crippen LogP contribution is -2.24. The van der Waals surface area contributed by atoms with Gasteiger partial charge < -0.3 is 14.7 Å². The number of rotatable bonds is 2. The van der Waals surface area contributed by atoms with E-state index in [0.717, 1.165) is 0 Å². The third kappa shape index (κ3) is 1.99. The summed E-state index contributed by atoms with van der Waals surface area (Å²) < 4.78 is 20.4. The van der Waals surface area contributed by atoms with Gasteiger partial charge in [0.1, 0.15) is 0 Å². The molecule has 0 amide bonds.